The molecule has 1 aliphatic rings. The van der Waals surface area contributed by atoms with E-state index < -0.39 is 28.3 Å². The molecule has 0 fully saturated rings. The fraction of sp³-hybridized carbons (Fsp3) is 0.333. The van der Waals surface area contributed by atoms with Gasteiger partial charge in [0.15, 0.2) is 0 Å². The van der Waals surface area contributed by atoms with Crippen LogP contribution in [-0.4, -0.2) is 44.2 Å². The lowest BCUT2D eigenvalue weighted by Gasteiger charge is -2.21. The Morgan fingerprint density at radius 2 is 1.93 bits per heavy atom. The number of likely N-dealkylation sites (N-methyl/N-ethyl adjacent to an activating group) is 1. The van der Waals surface area contributed by atoms with Gasteiger partial charge in [0, 0.05) is 31.4 Å². The van der Waals surface area contributed by atoms with E-state index in [4.69, 9.17) is 0 Å². The number of hydrogen-bond donors (Lipinski definition) is 1. The highest BCUT2D eigenvalue weighted by Crippen LogP contribution is 2.34. The fourth-order valence-corrected chi connectivity index (χ4v) is 4.85. The van der Waals surface area contributed by atoms with E-state index in [0.717, 1.165) is 9.87 Å². The first-order valence-corrected chi connectivity index (χ1v) is 10.9. The Balaban J connectivity index is 1.76. The first-order valence-electron chi connectivity index (χ1n) is 9.45. The third-order valence-corrected chi connectivity index (χ3v) is 6.94. The number of nitrogens with one attached hydrogen (secondary N) is 1. The Kier molecular flexibility index (Phi) is 5.96. The number of amides is 2. The molecule has 1 N–H and O–H groups in total. The van der Waals surface area contributed by atoms with E-state index in [1.54, 1.807) is 24.0 Å². The highest BCUT2D eigenvalue weighted by Gasteiger charge is 2.31. The van der Waals surface area contributed by atoms with Crippen LogP contribution in [-0.2, 0) is 26.0 Å². The molecule has 2 amide bonds. The fourth-order valence-electron chi connectivity index (χ4n) is 3.67. The number of carbonyl (C=O) groups excluding carboxylic acids is 2. The van der Waals surface area contributed by atoms with Crippen LogP contribution in [0, 0.1) is 12.7 Å². The molecule has 30 heavy (non-hydrogen) atoms. The zero-order valence-electron chi connectivity index (χ0n) is 17.3. The van der Waals surface area contributed by atoms with Gasteiger partial charge < -0.3 is 10.2 Å². The van der Waals surface area contributed by atoms with Gasteiger partial charge in [0.2, 0.25) is 21.8 Å². The lowest BCUT2D eigenvalue weighted by molar-refractivity contribution is -0.117. The Labute approximate surface area is 175 Å². The summed E-state index contributed by atoms with van der Waals surface area (Å²) in [5.41, 5.74) is 2.44. The summed E-state index contributed by atoms with van der Waals surface area (Å²) < 4.78 is 40.1. The number of benzene rings is 2. The predicted octanol–water partition coefficient (Wildman–Crippen LogP) is 2.69. The third kappa shape index (κ3) is 4.22. The molecule has 0 radical (unpaired) electrons. The maximum Gasteiger partial charge on any atom is 0.243 e. The number of hydrogen-bond acceptors (Lipinski definition) is 4. The Morgan fingerprint density at radius 1 is 1.23 bits per heavy atom. The van der Waals surface area contributed by atoms with E-state index in [9.17, 15) is 22.4 Å². The smallest absolute Gasteiger partial charge is 0.243 e. The average molecular weight is 434 g/mol. The van der Waals surface area contributed by atoms with Crippen molar-refractivity contribution in [2.45, 2.75) is 38.1 Å². The number of anilines is 2. The molecule has 0 aliphatic carbocycles. The maximum absolute atomic E-state index is 13.2. The molecule has 1 heterocycles. The minimum Gasteiger partial charge on any atom is -0.325 e. The summed E-state index contributed by atoms with van der Waals surface area (Å²) in [4.78, 5) is 25.9. The lowest BCUT2D eigenvalue weighted by Crippen LogP contribution is -2.35. The first kappa shape index (κ1) is 21.9. The normalized spacial score (nSPS) is 15.9. The van der Waals surface area contributed by atoms with Gasteiger partial charge in [0.05, 0.1) is 11.4 Å². The standard InChI is InChI=1S/C21H24FN3O4S/c1-13-9-17(22)5-7-19(13)23-21(27)12-24(4)30(28,29)18-6-8-20-16(11-18)10-14(2)25(20)15(3)26/h5-9,11,14H,10,12H2,1-4H3,(H,23,27)/t14-/m1/s1. The van der Waals surface area contributed by atoms with E-state index in [2.05, 4.69) is 5.32 Å². The summed E-state index contributed by atoms with van der Waals surface area (Å²) in [5.74, 6) is -1.05. The van der Waals surface area contributed by atoms with Crippen LogP contribution in [0.4, 0.5) is 15.8 Å². The second-order valence-electron chi connectivity index (χ2n) is 7.50. The third-order valence-electron chi connectivity index (χ3n) is 5.14. The predicted molar refractivity (Wildman–Crippen MR) is 112 cm³/mol. The second-order valence-corrected chi connectivity index (χ2v) is 9.55. The van der Waals surface area contributed by atoms with Crippen molar-refractivity contribution in [3.8, 4) is 0 Å². The van der Waals surface area contributed by atoms with Gasteiger partial charge in [-0.3, -0.25) is 9.59 Å². The van der Waals surface area contributed by atoms with Gasteiger partial charge in [0.25, 0.3) is 0 Å². The summed E-state index contributed by atoms with van der Waals surface area (Å²) in [6.45, 7) is 4.64. The first-order chi connectivity index (χ1) is 14.0. The number of sulfonamides is 1. The molecule has 0 aromatic heterocycles. The largest absolute Gasteiger partial charge is 0.325 e. The van der Waals surface area contributed by atoms with Gasteiger partial charge in [-0.05, 0) is 67.8 Å². The zero-order chi connectivity index (χ0) is 22.2. The van der Waals surface area contributed by atoms with Gasteiger partial charge in [-0.25, -0.2) is 12.8 Å². The number of fused-ring (bicyclic) bond motifs is 1. The van der Waals surface area contributed by atoms with Gasteiger partial charge >= 0.3 is 0 Å². The molecular weight excluding hydrogens is 409 g/mol. The number of aryl methyl sites for hydroxylation is 1. The molecule has 9 heteroatoms. The molecule has 0 bridgehead atoms. The summed E-state index contributed by atoms with van der Waals surface area (Å²) in [6.07, 6.45) is 0.562. The molecule has 3 rings (SSSR count). The molecule has 7 nitrogen and oxygen atoms in total. The second kappa shape index (κ2) is 8.16. The number of carbonyl (C=O) groups is 2. The van der Waals surface area contributed by atoms with Gasteiger partial charge in [-0.1, -0.05) is 0 Å². The van der Waals surface area contributed by atoms with E-state index in [0.29, 0.717) is 23.4 Å². The van der Waals surface area contributed by atoms with Crippen LogP contribution in [0.5, 0.6) is 0 Å². The molecular formula is C21H24FN3O4S. The molecule has 1 atom stereocenters. The van der Waals surface area contributed by atoms with Crippen molar-refractivity contribution < 1.29 is 22.4 Å². The van der Waals surface area contributed by atoms with Gasteiger partial charge in [-0.2, -0.15) is 4.31 Å². The average Bonchev–Trinajstić information content (AvgIpc) is 2.98. The van der Waals surface area contributed by atoms with Crippen molar-refractivity contribution in [1.29, 1.82) is 0 Å². The molecule has 1 aliphatic heterocycles. The summed E-state index contributed by atoms with van der Waals surface area (Å²) in [5, 5.41) is 2.60. The Bertz CT molecular complexity index is 1120. The SMILES string of the molecule is CC(=O)N1c2ccc(S(=O)(=O)N(C)CC(=O)Nc3ccc(F)cc3C)cc2C[C@H]1C. The topological polar surface area (TPSA) is 86.8 Å². The molecule has 160 valence electrons. The van der Waals surface area contributed by atoms with Gasteiger partial charge in [0.1, 0.15) is 5.82 Å². The van der Waals surface area contributed by atoms with Crippen LogP contribution in [0.15, 0.2) is 41.3 Å². The summed E-state index contributed by atoms with van der Waals surface area (Å²) >= 11 is 0. The Hall–Kier alpha value is -2.78. The van der Waals surface area contributed by atoms with E-state index in [-0.39, 0.29) is 16.8 Å². The van der Waals surface area contributed by atoms with E-state index in [1.165, 1.54) is 38.2 Å². The zero-order valence-corrected chi connectivity index (χ0v) is 18.1. The molecule has 0 saturated heterocycles. The number of nitrogens with zero attached hydrogens (tertiary/aromatic N) is 2. The maximum atomic E-state index is 13.2. The highest BCUT2D eigenvalue weighted by atomic mass is 32.2. The van der Waals surface area contributed by atoms with Crippen LogP contribution in [0.3, 0.4) is 0 Å². The van der Waals surface area contributed by atoms with Crippen LogP contribution >= 0.6 is 0 Å². The quantitative estimate of drug-likeness (QED) is 0.786. The van der Waals surface area contributed by atoms with Crippen molar-refractivity contribution >= 4 is 33.2 Å². The van der Waals surface area contributed by atoms with Crippen LogP contribution < -0.4 is 10.2 Å². The van der Waals surface area contributed by atoms with Crippen LogP contribution in [0.1, 0.15) is 25.0 Å². The van der Waals surface area contributed by atoms with Gasteiger partial charge in [-0.15, -0.1) is 0 Å². The number of rotatable bonds is 5. The molecule has 2 aromatic rings. The monoisotopic (exact) mass is 433 g/mol. The molecule has 2 aromatic carbocycles. The minimum atomic E-state index is -3.91. The lowest BCUT2D eigenvalue weighted by atomic mass is 10.1. The van der Waals surface area contributed by atoms with Crippen molar-refractivity contribution in [2.75, 3.05) is 23.8 Å². The van der Waals surface area contributed by atoms with Crippen molar-refractivity contribution in [3.05, 3.63) is 53.3 Å². The summed E-state index contributed by atoms with van der Waals surface area (Å²) in [7, 11) is -2.59. The summed E-state index contributed by atoms with van der Waals surface area (Å²) in [6, 6.07) is 8.52. The Morgan fingerprint density at radius 3 is 2.57 bits per heavy atom. The van der Waals surface area contributed by atoms with E-state index >= 15 is 0 Å². The van der Waals surface area contributed by atoms with Crippen molar-refractivity contribution in [1.82, 2.24) is 4.31 Å². The number of halogens is 1. The van der Waals surface area contributed by atoms with Crippen LogP contribution in [0.2, 0.25) is 0 Å². The van der Waals surface area contributed by atoms with E-state index in [1.807, 2.05) is 6.92 Å². The highest BCUT2D eigenvalue weighted by molar-refractivity contribution is 7.89. The molecule has 0 spiro atoms. The molecule has 0 unspecified atom stereocenters. The molecule has 0 saturated carbocycles. The minimum absolute atomic E-state index is 0.0436. The van der Waals surface area contributed by atoms with Crippen molar-refractivity contribution in [2.24, 2.45) is 0 Å². The van der Waals surface area contributed by atoms with Crippen molar-refractivity contribution in [3.63, 3.8) is 0 Å². The van der Waals surface area contributed by atoms with Crippen LogP contribution in [0.25, 0.3) is 0 Å².